The minimum atomic E-state index is -3.89. The normalized spacial score (nSPS) is 16.5. The molecule has 172 valence electrons. The number of rotatable bonds is 8. The molecular formula is C24H24FN3O4S. The number of carbonyl (C=O) groups is 1. The topological polar surface area (TPSA) is 88.6 Å². The Bertz CT molecular complexity index is 1200. The molecule has 1 aliphatic rings. The van der Waals surface area contributed by atoms with E-state index in [9.17, 15) is 17.6 Å². The lowest BCUT2D eigenvalue weighted by atomic mass is 10.2. The molecule has 1 aromatic heterocycles. The van der Waals surface area contributed by atoms with Crippen molar-refractivity contribution in [1.29, 1.82) is 0 Å². The number of hydrogen-bond acceptors (Lipinski definition) is 5. The van der Waals surface area contributed by atoms with Gasteiger partial charge in [0.05, 0.1) is 4.90 Å². The second-order valence-electron chi connectivity index (χ2n) is 7.74. The maximum absolute atomic E-state index is 13.2. The molecule has 0 unspecified atom stereocenters. The fourth-order valence-electron chi connectivity index (χ4n) is 3.73. The molecule has 9 heteroatoms. The SMILES string of the molecule is O=C(NCc1cccc(OCc2ccncc2)c1)[C@@H]1CCCN1S(=O)(=O)c1ccc(F)cc1. The lowest BCUT2D eigenvalue weighted by Gasteiger charge is -2.23. The fraction of sp³-hybridized carbons (Fsp3) is 0.250. The molecule has 1 N–H and O–H groups in total. The largest absolute Gasteiger partial charge is 0.489 e. The van der Waals surface area contributed by atoms with Crippen molar-refractivity contribution in [3.05, 3.63) is 90.0 Å². The highest BCUT2D eigenvalue weighted by molar-refractivity contribution is 7.89. The van der Waals surface area contributed by atoms with E-state index in [4.69, 9.17) is 4.74 Å². The summed E-state index contributed by atoms with van der Waals surface area (Å²) in [6, 6.07) is 14.9. The number of carbonyl (C=O) groups excluding carboxylic acids is 1. The van der Waals surface area contributed by atoms with Crippen molar-refractivity contribution in [2.45, 2.75) is 36.9 Å². The second-order valence-corrected chi connectivity index (χ2v) is 9.63. The summed E-state index contributed by atoms with van der Waals surface area (Å²) in [4.78, 5) is 16.8. The van der Waals surface area contributed by atoms with Crippen LogP contribution in [0.25, 0.3) is 0 Å². The van der Waals surface area contributed by atoms with E-state index in [2.05, 4.69) is 10.3 Å². The molecule has 0 aliphatic carbocycles. The molecular weight excluding hydrogens is 445 g/mol. The Hall–Kier alpha value is -3.30. The summed E-state index contributed by atoms with van der Waals surface area (Å²) < 4.78 is 46.1. The van der Waals surface area contributed by atoms with Gasteiger partial charge in [-0.1, -0.05) is 12.1 Å². The minimum Gasteiger partial charge on any atom is -0.489 e. The summed E-state index contributed by atoms with van der Waals surface area (Å²) in [5.41, 5.74) is 1.83. The smallest absolute Gasteiger partial charge is 0.243 e. The zero-order valence-electron chi connectivity index (χ0n) is 17.9. The van der Waals surface area contributed by atoms with Gasteiger partial charge in [-0.15, -0.1) is 0 Å². The molecule has 0 radical (unpaired) electrons. The molecule has 7 nitrogen and oxygen atoms in total. The van der Waals surface area contributed by atoms with E-state index >= 15 is 0 Å². The molecule has 0 saturated carbocycles. The van der Waals surface area contributed by atoms with Crippen molar-refractivity contribution in [3.63, 3.8) is 0 Å². The molecule has 0 spiro atoms. The van der Waals surface area contributed by atoms with Crippen LogP contribution in [0, 0.1) is 5.82 Å². The third-order valence-corrected chi connectivity index (χ3v) is 7.37. The molecule has 4 rings (SSSR count). The molecule has 1 atom stereocenters. The van der Waals surface area contributed by atoms with Gasteiger partial charge in [0.25, 0.3) is 0 Å². The number of hydrogen-bond donors (Lipinski definition) is 1. The average Bonchev–Trinajstić information content (AvgIpc) is 3.34. The predicted octanol–water partition coefficient (Wildman–Crippen LogP) is 3.27. The lowest BCUT2D eigenvalue weighted by molar-refractivity contribution is -0.124. The van der Waals surface area contributed by atoms with Crippen LogP contribution in [0.3, 0.4) is 0 Å². The van der Waals surface area contributed by atoms with E-state index < -0.39 is 21.9 Å². The Balaban J connectivity index is 1.37. The van der Waals surface area contributed by atoms with Gasteiger partial charge in [0.15, 0.2) is 0 Å². The monoisotopic (exact) mass is 469 g/mol. The quantitative estimate of drug-likeness (QED) is 0.547. The molecule has 1 saturated heterocycles. The van der Waals surface area contributed by atoms with Crippen LogP contribution in [0.15, 0.2) is 78.0 Å². The van der Waals surface area contributed by atoms with Gasteiger partial charge in [-0.05, 0) is 72.5 Å². The third-order valence-electron chi connectivity index (χ3n) is 5.45. The van der Waals surface area contributed by atoms with Gasteiger partial charge in [0.2, 0.25) is 15.9 Å². The highest BCUT2D eigenvalue weighted by Crippen LogP contribution is 2.26. The van der Waals surface area contributed by atoms with Gasteiger partial charge in [-0.2, -0.15) is 4.31 Å². The second kappa shape index (κ2) is 10.1. The average molecular weight is 470 g/mol. The van der Waals surface area contributed by atoms with Crippen molar-refractivity contribution in [3.8, 4) is 5.75 Å². The summed E-state index contributed by atoms with van der Waals surface area (Å²) in [5, 5.41) is 2.84. The van der Waals surface area contributed by atoms with Gasteiger partial charge in [-0.25, -0.2) is 12.8 Å². The number of aromatic nitrogens is 1. The van der Waals surface area contributed by atoms with Crippen LogP contribution in [-0.4, -0.2) is 36.2 Å². The van der Waals surface area contributed by atoms with Crippen LogP contribution in [0.5, 0.6) is 5.75 Å². The first kappa shape index (κ1) is 22.9. The molecule has 33 heavy (non-hydrogen) atoms. The molecule has 1 amide bonds. The van der Waals surface area contributed by atoms with Crippen molar-refractivity contribution in [2.24, 2.45) is 0 Å². The summed E-state index contributed by atoms with van der Waals surface area (Å²) in [6.45, 7) is 0.888. The first-order chi connectivity index (χ1) is 15.9. The maximum atomic E-state index is 13.2. The molecule has 2 heterocycles. The van der Waals surface area contributed by atoms with E-state index in [1.165, 1.54) is 16.4 Å². The predicted molar refractivity (Wildman–Crippen MR) is 120 cm³/mol. The number of amides is 1. The van der Waals surface area contributed by atoms with Crippen LogP contribution < -0.4 is 10.1 Å². The van der Waals surface area contributed by atoms with Crippen molar-refractivity contribution in [2.75, 3.05) is 6.54 Å². The molecule has 1 aliphatic heterocycles. The van der Waals surface area contributed by atoms with Crippen LogP contribution in [0.1, 0.15) is 24.0 Å². The first-order valence-corrected chi connectivity index (χ1v) is 12.0. The van der Waals surface area contributed by atoms with Crippen LogP contribution in [0.2, 0.25) is 0 Å². The maximum Gasteiger partial charge on any atom is 0.243 e. The minimum absolute atomic E-state index is 0.0253. The van der Waals surface area contributed by atoms with Crippen molar-refractivity contribution < 1.29 is 22.3 Å². The number of pyridine rings is 1. The zero-order chi connectivity index (χ0) is 23.3. The van der Waals surface area contributed by atoms with Crippen LogP contribution in [0.4, 0.5) is 4.39 Å². The van der Waals surface area contributed by atoms with Crippen LogP contribution in [-0.2, 0) is 28.0 Å². The standard InChI is InChI=1S/C24H24FN3O4S/c25-20-6-8-22(9-7-20)33(30,31)28-14-2-5-23(28)24(29)27-16-19-3-1-4-21(15-19)32-17-18-10-12-26-13-11-18/h1,3-4,6-13,15,23H,2,5,14,16-17H2,(H,27,29)/t23-/m0/s1. The summed E-state index contributed by atoms with van der Waals surface area (Å²) in [7, 11) is -3.89. The highest BCUT2D eigenvalue weighted by Gasteiger charge is 2.39. The lowest BCUT2D eigenvalue weighted by Crippen LogP contribution is -2.45. The van der Waals surface area contributed by atoms with Gasteiger partial charge in [0, 0.05) is 25.5 Å². The summed E-state index contributed by atoms with van der Waals surface area (Å²) >= 11 is 0. The Labute approximate surface area is 192 Å². The zero-order valence-corrected chi connectivity index (χ0v) is 18.7. The Kier molecular flexibility index (Phi) is 7.00. The van der Waals surface area contributed by atoms with E-state index in [1.807, 2.05) is 36.4 Å². The number of nitrogens with one attached hydrogen (secondary N) is 1. The van der Waals surface area contributed by atoms with E-state index in [-0.39, 0.29) is 23.9 Å². The van der Waals surface area contributed by atoms with Gasteiger partial charge in [-0.3, -0.25) is 9.78 Å². The third kappa shape index (κ3) is 5.55. The summed E-state index contributed by atoms with van der Waals surface area (Å²) in [5.74, 6) is -0.210. The number of nitrogens with zero attached hydrogens (tertiary/aromatic N) is 2. The van der Waals surface area contributed by atoms with E-state index in [1.54, 1.807) is 12.4 Å². The first-order valence-electron chi connectivity index (χ1n) is 10.6. The highest BCUT2D eigenvalue weighted by atomic mass is 32.2. The summed E-state index contributed by atoms with van der Waals surface area (Å²) in [6.07, 6.45) is 4.42. The Morgan fingerprint density at radius 3 is 2.61 bits per heavy atom. The van der Waals surface area contributed by atoms with E-state index in [0.717, 1.165) is 23.3 Å². The number of sulfonamides is 1. The van der Waals surface area contributed by atoms with Gasteiger partial charge < -0.3 is 10.1 Å². The van der Waals surface area contributed by atoms with Crippen molar-refractivity contribution >= 4 is 15.9 Å². The number of ether oxygens (including phenoxy) is 1. The van der Waals surface area contributed by atoms with Crippen molar-refractivity contribution in [1.82, 2.24) is 14.6 Å². The molecule has 3 aromatic rings. The van der Waals surface area contributed by atoms with Gasteiger partial charge in [0.1, 0.15) is 24.2 Å². The Morgan fingerprint density at radius 2 is 1.85 bits per heavy atom. The molecule has 1 fully saturated rings. The Morgan fingerprint density at radius 1 is 1.09 bits per heavy atom. The fourth-order valence-corrected chi connectivity index (χ4v) is 5.39. The molecule has 0 bridgehead atoms. The molecule has 2 aromatic carbocycles. The van der Waals surface area contributed by atoms with Crippen LogP contribution >= 0.6 is 0 Å². The van der Waals surface area contributed by atoms with Gasteiger partial charge >= 0.3 is 0 Å². The van der Waals surface area contributed by atoms with E-state index in [0.29, 0.717) is 25.2 Å². The number of halogens is 1. The number of benzene rings is 2.